The average molecular weight is 331 g/mol. The summed E-state index contributed by atoms with van der Waals surface area (Å²) in [6, 6.07) is 4.33. The van der Waals surface area contributed by atoms with Crippen molar-refractivity contribution in [3.63, 3.8) is 0 Å². The summed E-state index contributed by atoms with van der Waals surface area (Å²) in [5, 5.41) is 28.0. The normalized spacial score (nSPS) is 22.7. The lowest BCUT2D eigenvalue weighted by Gasteiger charge is -2.27. The maximum Gasteiger partial charge on any atom is 0.256 e. The standard InChI is InChI=1S/C16H17N3O3S/c1-19-5-4-9-12(7-19)23-16-13(9)15(22)17-14(18-16)8-2-3-10(20)11(21)6-8/h2-3,6,14,18,20-21H,4-5,7H2,1H3,(H,17,22). The van der Waals surface area contributed by atoms with Gasteiger partial charge in [-0.2, -0.15) is 0 Å². The summed E-state index contributed by atoms with van der Waals surface area (Å²) in [6.07, 6.45) is 0.477. The van der Waals surface area contributed by atoms with Crippen LogP contribution >= 0.6 is 11.3 Å². The van der Waals surface area contributed by atoms with Gasteiger partial charge in [-0.25, -0.2) is 0 Å². The molecule has 3 heterocycles. The van der Waals surface area contributed by atoms with Crippen molar-refractivity contribution in [3.8, 4) is 11.5 Å². The van der Waals surface area contributed by atoms with Crippen LogP contribution in [0, 0.1) is 0 Å². The molecular formula is C16H17N3O3S. The fourth-order valence-corrected chi connectivity index (χ4v) is 4.60. The van der Waals surface area contributed by atoms with Crippen LogP contribution in [0.2, 0.25) is 0 Å². The first kappa shape index (κ1) is 14.3. The first-order chi connectivity index (χ1) is 11.0. The van der Waals surface area contributed by atoms with Crippen LogP contribution in [0.3, 0.4) is 0 Å². The molecule has 0 radical (unpaired) electrons. The zero-order valence-corrected chi connectivity index (χ0v) is 13.4. The quantitative estimate of drug-likeness (QED) is 0.590. The Morgan fingerprint density at radius 2 is 2.22 bits per heavy atom. The van der Waals surface area contributed by atoms with E-state index < -0.39 is 11.9 Å². The van der Waals surface area contributed by atoms with E-state index >= 15 is 0 Å². The molecule has 2 atom stereocenters. The number of hydrogen-bond donors (Lipinski definition) is 4. The summed E-state index contributed by atoms with van der Waals surface area (Å²) in [6.45, 7) is 1.98. The second-order valence-electron chi connectivity index (χ2n) is 6.12. The summed E-state index contributed by atoms with van der Waals surface area (Å²) < 4.78 is 0. The number of quaternary nitrogens is 1. The molecule has 2 aliphatic heterocycles. The van der Waals surface area contributed by atoms with E-state index in [4.69, 9.17) is 0 Å². The molecule has 120 valence electrons. The van der Waals surface area contributed by atoms with Crippen LogP contribution in [0.25, 0.3) is 0 Å². The Morgan fingerprint density at radius 1 is 1.39 bits per heavy atom. The predicted octanol–water partition coefficient (Wildman–Crippen LogP) is -0.0478. The summed E-state index contributed by atoms with van der Waals surface area (Å²) in [7, 11) is 2.16. The van der Waals surface area contributed by atoms with Gasteiger partial charge in [0.15, 0.2) is 0 Å². The Bertz CT molecular complexity index is 802. The van der Waals surface area contributed by atoms with Crippen molar-refractivity contribution in [2.45, 2.75) is 19.1 Å². The first-order valence-corrected chi connectivity index (χ1v) is 8.37. The monoisotopic (exact) mass is 331 g/mol. The number of thiophene rings is 1. The van der Waals surface area contributed by atoms with Gasteiger partial charge in [-0.1, -0.05) is 17.9 Å². The number of fused-ring (bicyclic) bond motifs is 3. The molecule has 0 aliphatic carbocycles. The second kappa shape index (κ2) is 5.14. The number of phenolic OH excluding ortho intramolecular Hbond substituents is 1. The van der Waals surface area contributed by atoms with Crippen molar-refractivity contribution in [2.75, 3.05) is 18.9 Å². The van der Waals surface area contributed by atoms with Gasteiger partial charge in [-0.15, -0.1) is 11.3 Å². The molecule has 23 heavy (non-hydrogen) atoms. The van der Waals surface area contributed by atoms with Crippen molar-refractivity contribution in [1.29, 1.82) is 0 Å². The van der Waals surface area contributed by atoms with Crippen LogP contribution in [0.5, 0.6) is 11.5 Å². The minimum Gasteiger partial charge on any atom is -0.870 e. The molecule has 4 rings (SSSR count). The van der Waals surface area contributed by atoms with Gasteiger partial charge in [-0.05, 0) is 17.2 Å². The lowest BCUT2D eigenvalue weighted by molar-refractivity contribution is -0.895. The number of rotatable bonds is 1. The van der Waals surface area contributed by atoms with E-state index in [-0.39, 0.29) is 11.7 Å². The zero-order chi connectivity index (χ0) is 16.1. The maximum atomic E-state index is 12.6. The van der Waals surface area contributed by atoms with Crippen LogP contribution in [0.4, 0.5) is 5.00 Å². The van der Waals surface area contributed by atoms with E-state index in [1.165, 1.54) is 21.9 Å². The Kier molecular flexibility index (Phi) is 3.21. The highest BCUT2D eigenvalue weighted by molar-refractivity contribution is 7.16. The lowest BCUT2D eigenvalue weighted by atomic mass is 10.0. The molecule has 2 aliphatic rings. The molecule has 7 heteroatoms. The van der Waals surface area contributed by atoms with E-state index in [1.807, 2.05) is 0 Å². The Hall–Kier alpha value is -2.25. The second-order valence-corrected chi connectivity index (χ2v) is 7.22. The molecule has 0 saturated carbocycles. The van der Waals surface area contributed by atoms with E-state index in [2.05, 4.69) is 17.7 Å². The topological polar surface area (TPSA) is 88.9 Å². The molecule has 0 saturated heterocycles. The van der Waals surface area contributed by atoms with Gasteiger partial charge in [0.05, 0.1) is 24.0 Å². The van der Waals surface area contributed by atoms with Gasteiger partial charge in [0.2, 0.25) is 0 Å². The Labute approximate surface area is 137 Å². The third-order valence-corrected chi connectivity index (χ3v) is 5.61. The average Bonchev–Trinajstić information content (AvgIpc) is 2.87. The highest BCUT2D eigenvalue weighted by atomic mass is 32.1. The largest absolute Gasteiger partial charge is 0.870 e. The summed E-state index contributed by atoms with van der Waals surface area (Å²) >= 11 is 1.63. The van der Waals surface area contributed by atoms with Crippen LogP contribution in [-0.4, -0.2) is 24.6 Å². The van der Waals surface area contributed by atoms with Gasteiger partial charge in [0.25, 0.3) is 5.91 Å². The minimum absolute atomic E-state index is 0.0912. The number of carbonyl (C=O) groups excluding carboxylic acids is 1. The Morgan fingerprint density at radius 3 is 3.00 bits per heavy atom. The van der Waals surface area contributed by atoms with Gasteiger partial charge >= 0.3 is 0 Å². The number of benzene rings is 1. The van der Waals surface area contributed by atoms with E-state index in [0.717, 1.165) is 35.6 Å². The first-order valence-electron chi connectivity index (χ1n) is 7.56. The van der Waals surface area contributed by atoms with Gasteiger partial charge in [0, 0.05) is 6.42 Å². The number of aromatic hydroxyl groups is 1. The molecule has 0 fully saturated rings. The number of hydrogen-bond acceptors (Lipinski definition) is 5. The van der Waals surface area contributed by atoms with Crippen LogP contribution in [0.1, 0.15) is 32.5 Å². The number of phenols is 1. The predicted molar refractivity (Wildman–Crippen MR) is 84.9 cm³/mol. The molecule has 0 spiro atoms. The van der Waals surface area contributed by atoms with Crippen molar-refractivity contribution in [1.82, 2.24) is 5.32 Å². The fourth-order valence-electron chi connectivity index (χ4n) is 3.21. The van der Waals surface area contributed by atoms with E-state index in [1.54, 1.807) is 17.4 Å². The van der Waals surface area contributed by atoms with E-state index in [9.17, 15) is 15.0 Å². The van der Waals surface area contributed by atoms with E-state index in [0.29, 0.717) is 5.56 Å². The third-order valence-electron chi connectivity index (χ3n) is 4.45. The lowest BCUT2D eigenvalue weighted by Crippen LogP contribution is -3.08. The van der Waals surface area contributed by atoms with Gasteiger partial charge in [-0.3, -0.25) is 4.79 Å². The van der Waals surface area contributed by atoms with Crippen molar-refractivity contribution in [3.05, 3.63) is 39.8 Å². The van der Waals surface area contributed by atoms with Crippen molar-refractivity contribution >= 4 is 22.2 Å². The summed E-state index contributed by atoms with van der Waals surface area (Å²) in [4.78, 5) is 15.3. The molecule has 6 nitrogen and oxygen atoms in total. The highest BCUT2D eigenvalue weighted by Gasteiger charge is 2.33. The fraction of sp³-hybridized carbons (Fsp3) is 0.312. The summed E-state index contributed by atoms with van der Waals surface area (Å²) in [5.41, 5.74) is 2.59. The number of carbonyl (C=O) groups is 1. The number of nitrogens with one attached hydrogen (secondary N) is 3. The molecule has 0 bridgehead atoms. The molecule has 1 aromatic carbocycles. The zero-order valence-electron chi connectivity index (χ0n) is 12.6. The molecule has 4 N–H and O–H groups in total. The number of anilines is 1. The minimum atomic E-state index is -0.438. The molecule has 1 aromatic heterocycles. The maximum absolute atomic E-state index is 12.6. The van der Waals surface area contributed by atoms with Crippen LogP contribution in [0.15, 0.2) is 18.2 Å². The highest BCUT2D eigenvalue weighted by Crippen LogP contribution is 2.39. The van der Waals surface area contributed by atoms with Crippen molar-refractivity contribution < 1.29 is 19.9 Å². The Balaban J connectivity index is 1.70. The van der Waals surface area contributed by atoms with Crippen molar-refractivity contribution in [2.24, 2.45) is 0 Å². The van der Waals surface area contributed by atoms with Gasteiger partial charge < -0.3 is 25.7 Å². The molecule has 1 amide bonds. The summed E-state index contributed by atoms with van der Waals surface area (Å²) in [5.74, 6) is -0.819. The smallest absolute Gasteiger partial charge is 0.256 e. The molecule has 2 aromatic rings. The number of likely N-dealkylation sites (N-methyl/N-ethyl adjacent to an activating group) is 1. The number of amides is 1. The third kappa shape index (κ3) is 2.32. The molecular weight excluding hydrogens is 314 g/mol. The van der Waals surface area contributed by atoms with Crippen LogP contribution in [-0.2, 0) is 13.0 Å². The van der Waals surface area contributed by atoms with Crippen LogP contribution < -0.4 is 20.6 Å². The van der Waals surface area contributed by atoms with Gasteiger partial charge in [0.1, 0.15) is 23.5 Å². The SMILES string of the molecule is C[NH+]1CCc2c(sc3c2C(=O)NC(c2ccc([O-])c(O)c2)N3)C1. The molecule has 2 unspecified atom stereocenters.